The molecular formula is C17H23NO3. The van der Waals surface area contributed by atoms with Crippen molar-refractivity contribution in [3.63, 3.8) is 0 Å². The van der Waals surface area contributed by atoms with Crippen molar-refractivity contribution in [2.24, 2.45) is 0 Å². The fraction of sp³-hybridized carbons (Fsp3) is 0.529. The van der Waals surface area contributed by atoms with Gasteiger partial charge in [-0.25, -0.2) is 0 Å². The highest BCUT2D eigenvalue weighted by atomic mass is 16.4. The van der Waals surface area contributed by atoms with Gasteiger partial charge in [0, 0.05) is 18.2 Å². The average Bonchev–Trinajstić information content (AvgIpc) is 2.37. The lowest BCUT2D eigenvalue weighted by Crippen LogP contribution is -2.45. The second-order valence-corrected chi connectivity index (χ2v) is 6.02. The zero-order valence-corrected chi connectivity index (χ0v) is 13.0. The van der Waals surface area contributed by atoms with Crippen LogP contribution < -0.4 is 0 Å². The number of carboxylic acid groups (broad SMARTS) is 1. The number of rotatable bonds is 3. The van der Waals surface area contributed by atoms with Gasteiger partial charge in [0.25, 0.3) is 5.91 Å². The predicted octanol–water partition coefficient (Wildman–Crippen LogP) is 3.08. The summed E-state index contributed by atoms with van der Waals surface area (Å²) >= 11 is 0. The Kier molecular flexibility index (Phi) is 4.66. The molecule has 1 atom stereocenters. The Morgan fingerprint density at radius 2 is 1.81 bits per heavy atom. The van der Waals surface area contributed by atoms with Crippen LogP contribution in [-0.4, -0.2) is 34.5 Å². The first kappa shape index (κ1) is 15.5. The molecule has 0 spiro atoms. The first-order chi connectivity index (χ1) is 9.90. The van der Waals surface area contributed by atoms with Crippen molar-refractivity contribution in [1.82, 2.24) is 4.90 Å². The van der Waals surface area contributed by atoms with Crippen molar-refractivity contribution in [2.45, 2.75) is 52.5 Å². The molecule has 1 aromatic carbocycles. The van der Waals surface area contributed by atoms with E-state index in [-0.39, 0.29) is 18.4 Å². The molecule has 0 bridgehead atoms. The van der Waals surface area contributed by atoms with E-state index in [1.54, 1.807) is 4.90 Å². The molecule has 1 aliphatic rings. The number of aryl methyl sites for hydroxylation is 3. The lowest BCUT2D eigenvalue weighted by Gasteiger charge is -2.35. The number of piperidine rings is 1. The molecule has 0 aliphatic carbocycles. The zero-order valence-electron chi connectivity index (χ0n) is 13.0. The van der Waals surface area contributed by atoms with Gasteiger partial charge in [-0.2, -0.15) is 0 Å². The number of hydrogen-bond acceptors (Lipinski definition) is 2. The monoisotopic (exact) mass is 289 g/mol. The summed E-state index contributed by atoms with van der Waals surface area (Å²) in [5, 5.41) is 9.04. The zero-order chi connectivity index (χ0) is 15.6. The minimum atomic E-state index is -0.836. The van der Waals surface area contributed by atoms with Crippen LogP contribution >= 0.6 is 0 Å². The smallest absolute Gasteiger partial charge is 0.305 e. The fourth-order valence-electron chi connectivity index (χ4n) is 3.34. The summed E-state index contributed by atoms with van der Waals surface area (Å²) in [6, 6.07) is 3.84. The number of amides is 1. The molecule has 4 heteroatoms. The third kappa shape index (κ3) is 3.43. The van der Waals surface area contributed by atoms with Crippen LogP contribution in [0.25, 0.3) is 0 Å². The van der Waals surface area contributed by atoms with E-state index < -0.39 is 5.97 Å². The summed E-state index contributed by atoms with van der Waals surface area (Å²) in [4.78, 5) is 25.7. The Morgan fingerprint density at radius 1 is 1.19 bits per heavy atom. The van der Waals surface area contributed by atoms with E-state index in [9.17, 15) is 9.59 Å². The maximum Gasteiger partial charge on any atom is 0.305 e. The normalized spacial score (nSPS) is 18.6. The molecule has 0 aromatic heterocycles. The topological polar surface area (TPSA) is 57.6 Å². The molecule has 114 valence electrons. The van der Waals surface area contributed by atoms with E-state index in [0.717, 1.165) is 41.5 Å². The minimum Gasteiger partial charge on any atom is -0.481 e. The predicted molar refractivity (Wildman–Crippen MR) is 81.6 cm³/mol. The van der Waals surface area contributed by atoms with Gasteiger partial charge in [0.2, 0.25) is 0 Å². The van der Waals surface area contributed by atoms with Gasteiger partial charge < -0.3 is 10.0 Å². The molecular weight excluding hydrogens is 266 g/mol. The van der Waals surface area contributed by atoms with E-state index in [2.05, 4.69) is 0 Å². The number of carbonyl (C=O) groups excluding carboxylic acids is 1. The summed E-state index contributed by atoms with van der Waals surface area (Å²) in [6.45, 7) is 6.57. The molecule has 1 aromatic rings. The second-order valence-electron chi connectivity index (χ2n) is 6.02. The van der Waals surface area contributed by atoms with Crippen molar-refractivity contribution in [1.29, 1.82) is 0 Å². The summed E-state index contributed by atoms with van der Waals surface area (Å²) in [6.07, 6.45) is 2.76. The van der Waals surface area contributed by atoms with Crippen LogP contribution in [0, 0.1) is 20.8 Å². The quantitative estimate of drug-likeness (QED) is 0.930. The van der Waals surface area contributed by atoms with Crippen LogP contribution in [0.2, 0.25) is 0 Å². The van der Waals surface area contributed by atoms with Crippen molar-refractivity contribution in [3.05, 3.63) is 34.4 Å². The first-order valence-electron chi connectivity index (χ1n) is 7.50. The van der Waals surface area contributed by atoms with Crippen LogP contribution in [-0.2, 0) is 4.79 Å². The van der Waals surface area contributed by atoms with Crippen LogP contribution in [0.15, 0.2) is 12.1 Å². The van der Waals surface area contributed by atoms with Gasteiger partial charge in [-0.1, -0.05) is 17.7 Å². The molecule has 0 saturated carbocycles. The molecule has 1 N–H and O–H groups in total. The number of carbonyl (C=O) groups is 2. The number of likely N-dealkylation sites (tertiary alicyclic amines) is 1. The Bertz CT molecular complexity index is 542. The highest BCUT2D eigenvalue weighted by Gasteiger charge is 2.30. The molecule has 4 nitrogen and oxygen atoms in total. The second kappa shape index (κ2) is 6.29. The van der Waals surface area contributed by atoms with Crippen molar-refractivity contribution in [3.8, 4) is 0 Å². The SMILES string of the molecule is Cc1cc(C)c(C(=O)N2CCCCC2CC(=O)O)c(C)c1. The van der Waals surface area contributed by atoms with Crippen LogP contribution in [0.5, 0.6) is 0 Å². The van der Waals surface area contributed by atoms with Crippen molar-refractivity contribution in [2.75, 3.05) is 6.54 Å². The van der Waals surface area contributed by atoms with Gasteiger partial charge in [-0.05, 0) is 51.2 Å². The molecule has 1 aliphatic heterocycles. The third-order valence-electron chi connectivity index (χ3n) is 4.19. The molecule has 0 radical (unpaired) electrons. The lowest BCUT2D eigenvalue weighted by atomic mass is 9.94. The van der Waals surface area contributed by atoms with Gasteiger partial charge in [0.15, 0.2) is 0 Å². The van der Waals surface area contributed by atoms with Crippen LogP contribution in [0.4, 0.5) is 0 Å². The summed E-state index contributed by atoms with van der Waals surface area (Å²) in [7, 11) is 0. The molecule has 1 unspecified atom stereocenters. The average molecular weight is 289 g/mol. The maximum absolute atomic E-state index is 12.9. The van der Waals surface area contributed by atoms with Gasteiger partial charge >= 0.3 is 5.97 Å². The number of carboxylic acids is 1. The molecule has 21 heavy (non-hydrogen) atoms. The summed E-state index contributed by atoms with van der Waals surface area (Å²) in [5.41, 5.74) is 3.81. The van der Waals surface area contributed by atoms with Crippen LogP contribution in [0.1, 0.15) is 52.7 Å². The fourth-order valence-corrected chi connectivity index (χ4v) is 3.34. The Balaban J connectivity index is 2.31. The van der Waals surface area contributed by atoms with E-state index in [1.807, 2.05) is 32.9 Å². The maximum atomic E-state index is 12.9. The van der Waals surface area contributed by atoms with E-state index in [1.165, 1.54) is 0 Å². The van der Waals surface area contributed by atoms with E-state index >= 15 is 0 Å². The third-order valence-corrected chi connectivity index (χ3v) is 4.19. The summed E-state index contributed by atoms with van der Waals surface area (Å²) < 4.78 is 0. The van der Waals surface area contributed by atoms with Gasteiger partial charge in [0.05, 0.1) is 6.42 Å². The van der Waals surface area contributed by atoms with E-state index in [4.69, 9.17) is 5.11 Å². The molecule has 1 amide bonds. The molecule has 1 heterocycles. The van der Waals surface area contributed by atoms with Crippen molar-refractivity contribution >= 4 is 11.9 Å². The Morgan fingerprint density at radius 3 is 2.38 bits per heavy atom. The first-order valence-corrected chi connectivity index (χ1v) is 7.50. The van der Waals surface area contributed by atoms with Gasteiger partial charge in [-0.3, -0.25) is 9.59 Å². The van der Waals surface area contributed by atoms with E-state index in [0.29, 0.717) is 6.54 Å². The molecule has 1 saturated heterocycles. The lowest BCUT2D eigenvalue weighted by molar-refractivity contribution is -0.138. The number of benzene rings is 1. The number of hydrogen-bond donors (Lipinski definition) is 1. The van der Waals surface area contributed by atoms with Crippen molar-refractivity contribution < 1.29 is 14.7 Å². The Labute approximate surface area is 125 Å². The van der Waals surface area contributed by atoms with Gasteiger partial charge in [-0.15, -0.1) is 0 Å². The highest BCUT2D eigenvalue weighted by Crippen LogP contribution is 2.25. The molecule has 2 rings (SSSR count). The van der Waals surface area contributed by atoms with Crippen LogP contribution in [0.3, 0.4) is 0 Å². The highest BCUT2D eigenvalue weighted by molar-refractivity contribution is 5.97. The Hall–Kier alpha value is -1.84. The number of aliphatic carboxylic acids is 1. The van der Waals surface area contributed by atoms with Gasteiger partial charge in [0.1, 0.15) is 0 Å². The number of nitrogens with zero attached hydrogens (tertiary/aromatic N) is 1. The largest absolute Gasteiger partial charge is 0.481 e. The minimum absolute atomic E-state index is 0.0176. The molecule has 1 fully saturated rings. The standard InChI is InChI=1S/C17H23NO3/c1-11-8-12(2)16(13(3)9-11)17(21)18-7-5-4-6-14(18)10-15(19)20/h8-9,14H,4-7,10H2,1-3H3,(H,19,20). The summed E-state index contributed by atoms with van der Waals surface area (Å²) in [5.74, 6) is -0.854.